The number of hydrogen-bond donors (Lipinski definition) is 0. The highest BCUT2D eigenvalue weighted by atomic mass is 35.5. The summed E-state index contributed by atoms with van der Waals surface area (Å²) in [5.41, 5.74) is -0.866. The summed E-state index contributed by atoms with van der Waals surface area (Å²) in [7, 11) is 1.21. The van der Waals surface area contributed by atoms with Gasteiger partial charge in [0.1, 0.15) is 0 Å². The van der Waals surface area contributed by atoms with E-state index in [2.05, 4.69) is 9.99 Å². The first-order valence-electron chi connectivity index (χ1n) is 4.24. The molecule has 0 atom stereocenters. The minimum Gasteiger partial charge on any atom is -0.298 e. The van der Waals surface area contributed by atoms with Gasteiger partial charge in [0.15, 0.2) is 0 Å². The molecule has 0 aromatic rings. The predicted molar refractivity (Wildman–Crippen MR) is 65.3 cm³/mol. The molecular weight excluding hydrogens is 292 g/mol. The molecule has 0 aromatic carbocycles. The minimum absolute atomic E-state index is 0.213. The number of alkyl halides is 3. The molecule has 0 fully saturated rings. The van der Waals surface area contributed by atoms with E-state index in [0.29, 0.717) is 0 Å². The molecule has 5 nitrogen and oxygen atoms in total. The van der Waals surface area contributed by atoms with Gasteiger partial charge in [-0.15, -0.1) is 0 Å². The third-order valence-electron chi connectivity index (χ3n) is 1.29. The van der Waals surface area contributed by atoms with Crippen LogP contribution in [0.5, 0.6) is 0 Å². The molecule has 0 saturated heterocycles. The molecule has 0 aliphatic carbocycles. The van der Waals surface area contributed by atoms with Crippen LogP contribution in [0.3, 0.4) is 0 Å². The molecule has 0 bridgehead atoms. The SMILES string of the molecule is CN(SC(F)(Cl)Cl)C(=O)ON=CC(C)(C)C#N. The molecule has 0 saturated carbocycles. The fourth-order valence-electron chi connectivity index (χ4n) is 0.482. The summed E-state index contributed by atoms with van der Waals surface area (Å²) in [6, 6.07) is 1.92. The van der Waals surface area contributed by atoms with Crippen LogP contribution in [0.25, 0.3) is 0 Å². The zero-order valence-corrected chi connectivity index (χ0v) is 11.6. The second-order valence-corrected chi connectivity index (χ2v) is 6.44. The maximum atomic E-state index is 12.7. The fraction of sp³-hybridized carbons (Fsp3) is 0.625. The van der Waals surface area contributed by atoms with Crippen LogP contribution in [-0.2, 0) is 4.84 Å². The maximum absolute atomic E-state index is 12.7. The number of halogens is 3. The van der Waals surface area contributed by atoms with Gasteiger partial charge in [-0.05, 0) is 13.8 Å². The van der Waals surface area contributed by atoms with Crippen LogP contribution in [-0.4, -0.2) is 27.6 Å². The van der Waals surface area contributed by atoms with Crippen LogP contribution in [0.15, 0.2) is 5.16 Å². The van der Waals surface area contributed by atoms with E-state index in [0.717, 1.165) is 10.5 Å². The van der Waals surface area contributed by atoms with Gasteiger partial charge >= 0.3 is 10.0 Å². The third-order valence-corrected chi connectivity index (χ3v) is 2.34. The quantitative estimate of drug-likeness (QED) is 0.263. The Bertz CT molecular complexity index is 352. The molecule has 0 unspecified atom stereocenters. The number of carbonyl (C=O) groups is 1. The van der Waals surface area contributed by atoms with Crippen molar-refractivity contribution in [3.05, 3.63) is 0 Å². The largest absolute Gasteiger partial charge is 0.445 e. The van der Waals surface area contributed by atoms with Crippen LogP contribution in [0.1, 0.15) is 13.8 Å². The predicted octanol–water partition coefficient (Wildman–Crippen LogP) is 3.30. The van der Waals surface area contributed by atoms with Gasteiger partial charge in [0, 0.05) is 19.0 Å². The zero-order chi connectivity index (χ0) is 13.7. The van der Waals surface area contributed by atoms with E-state index in [1.165, 1.54) is 7.05 Å². The fourth-order valence-corrected chi connectivity index (χ4v) is 1.52. The molecule has 0 heterocycles. The first-order chi connectivity index (χ1) is 7.57. The molecule has 0 aromatic heterocycles. The normalized spacial score (nSPS) is 12.3. The van der Waals surface area contributed by atoms with Gasteiger partial charge in [0.05, 0.1) is 17.7 Å². The van der Waals surface area contributed by atoms with E-state index in [1.807, 2.05) is 6.07 Å². The second-order valence-electron chi connectivity index (χ2n) is 3.46. The van der Waals surface area contributed by atoms with Gasteiger partial charge in [-0.1, -0.05) is 28.4 Å². The van der Waals surface area contributed by atoms with Crippen LogP contribution in [0, 0.1) is 16.7 Å². The van der Waals surface area contributed by atoms with Crippen molar-refractivity contribution < 1.29 is 14.0 Å². The van der Waals surface area contributed by atoms with Crippen LogP contribution in [0.2, 0.25) is 0 Å². The lowest BCUT2D eigenvalue weighted by atomic mass is 9.98. The molecule has 9 heteroatoms. The smallest absolute Gasteiger partial charge is 0.298 e. The molecule has 96 valence electrons. The molecule has 0 radical (unpaired) electrons. The first-order valence-corrected chi connectivity index (χ1v) is 5.77. The lowest BCUT2D eigenvalue weighted by molar-refractivity contribution is 0.136. The lowest BCUT2D eigenvalue weighted by Gasteiger charge is -2.16. The summed E-state index contributed by atoms with van der Waals surface area (Å²) in [5.74, 6) is 0. The molecule has 0 aliphatic heterocycles. The summed E-state index contributed by atoms with van der Waals surface area (Å²) >= 11 is 10.3. The van der Waals surface area contributed by atoms with Crippen molar-refractivity contribution in [2.24, 2.45) is 10.6 Å². The third kappa shape index (κ3) is 8.07. The molecule has 0 aliphatic rings. The standard InChI is InChI=1S/C8H10Cl2FN3O2S/c1-7(2,4-12)5-13-16-6(15)14(3)17-8(9,10)11/h5H,1-3H3. The van der Waals surface area contributed by atoms with Gasteiger partial charge in [0.25, 0.3) is 0 Å². The Kier molecular flexibility index (Phi) is 6.02. The highest BCUT2D eigenvalue weighted by molar-refractivity contribution is 8.01. The maximum Gasteiger partial charge on any atom is 0.445 e. The van der Waals surface area contributed by atoms with E-state index >= 15 is 0 Å². The average Bonchev–Trinajstić information content (AvgIpc) is 2.14. The Morgan fingerprint density at radius 1 is 1.65 bits per heavy atom. The summed E-state index contributed by atoms with van der Waals surface area (Å²) in [4.78, 5) is 15.6. The Hall–Kier alpha value is -0.710. The summed E-state index contributed by atoms with van der Waals surface area (Å²) in [5, 5.41) is 11.9. The second kappa shape index (κ2) is 6.28. The van der Waals surface area contributed by atoms with Gasteiger partial charge < -0.3 is 0 Å². The van der Waals surface area contributed by atoms with E-state index < -0.39 is 15.4 Å². The number of nitrogens with zero attached hydrogens (tertiary/aromatic N) is 3. The Labute approximate surface area is 113 Å². The topological polar surface area (TPSA) is 65.7 Å². The number of oxime groups is 1. The van der Waals surface area contributed by atoms with Crippen molar-refractivity contribution in [2.45, 2.75) is 17.8 Å². The minimum atomic E-state index is -2.64. The van der Waals surface area contributed by atoms with Crippen molar-refractivity contribution in [2.75, 3.05) is 7.05 Å². The highest BCUT2D eigenvalue weighted by Crippen LogP contribution is 2.37. The van der Waals surface area contributed by atoms with Crippen molar-refractivity contribution >= 4 is 47.5 Å². The average molecular weight is 302 g/mol. The Morgan fingerprint density at radius 3 is 2.59 bits per heavy atom. The van der Waals surface area contributed by atoms with Crippen molar-refractivity contribution in [1.29, 1.82) is 5.26 Å². The number of carbonyl (C=O) groups excluding carboxylic acids is 1. The summed E-state index contributed by atoms with van der Waals surface area (Å²) in [6.07, 6.45) is 0.177. The monoisotopic (exact) mass is 301 g/mol. The first kappa shape index (κ1) is 16.3. The van der Waals surface area contributed by atoms with E-state index in [4.69, 9.17) is 28.5 Å². The van der Waals surface area contributed by atoms with E-state index in [1.54, 1.807) is 13.8 Å². The van der Waals surface area contributed by atoms with Gasteiger partial charge in [-0.2, -0.15) is 9.65 Å². The van der Waals surface area contributed by atoms with Crippen molar-refractivity contribution in [3.63, 3.8) is 0 Å². The Balaban J connectivity index is 4.25. The van der Waals surface area contributed by atoms with Crippen molar-refractivity contribution in [1.82, 2.24) is 4.31 Å². The van der Waals surface area contributed by atoms with Crippen molar-refractivity contribution in [3.8, 4) is 6.07 Å². The zero-order valence-electron chi connectivity index (χ0n) is 9.28. The van der Waals surface area contributed by atoms with Crippen LogP contribution in [0.4, 0.5) is 9.18 Å². The highest BCUT2D eigenvalue weighted by Gasteiger charge is 2.29. The molecule has 0 N–H and O–H groups in total. The summed E-state index contributed by atoms with van der Waals surface area (Å²) < 4.78 is 10.8. The van der Waals surface area contributed by atoms with E-state index in [9.17, 15) is 9.18 Å². The Morgan fingerprint density at radius 2 is 2.18 bits per heavy atom. The lowest BCUT2D eigenvalue weighted by Crippen LogP contribution is -2.23. The number of amides is 1. The number of nitriles is 1. The molecule has 0 rings (SSSR count). The van der Waals surface area contributed by atoms with Gasteiger partial charge in [0.2, 0.25) is 0 Å². The number of rotatable bonds is 4. The van der Waals surface area contributed by atoms with Crippen LogP contribution < -0.4 is 0 Å². The van der Waals surface area contributed by atoms with Crippen LogP contribution >= 0.6 is 35.1 Å². The molecule has 0 spiro atoms. The molecule has 17 heavy (non-hydrogen) atoms. The van der Waals surface area contributed by atoms with Gasteiger partial charge in [-0.3, -0.25) is 4.84 Å². The van der Waals surface area contributed by atoms with Gasteiger partial charge in [-0.25, -0.2) is 9.10 Å². The summed E-state index contributed by atoms with van der Waals surface area (Å²) in [6.45, 7) is 3.15. The van der Waals surface area contributed by atoms with E-state index in [-0.39, 0.29) is 11.9 Å². The molecular formula is C8H10Cl2FN3O2S. The number of hydrogen-bond acceptors (Lipinski definition) is 5. The molecule has 1 amide bonds.